The summed E-state index contributed by atoms with van der Waals surface area (Å²) in [5.74, 6) is -4.10. The number of anilines is 1. The first-order chi connectivity index (χ1) is 22.9. The van der Waals surface area contributed by atoms with Crippen molar-refractivity contribution in [2.24, 2.45) is 5.92 Å². The van der Waals surface area contributed by atoms with E-state index in [9.17, 15) is 44.1 Å². The lowest BCUT2D eigenvalue weighted by Crippen LogP contribution is -2.60. The topological polar surface area (TPSA) is 189 Å². The van der Waals surface area contributed by atoms with Crippen LogP contribution in [0.2, 0.25) is 0 Å². The molecule has 254 valence electrons. The highest BCUT2D eigenvalue weighted by molar-refractivity contribution is 8.30. The minimum Gasteiger partial charge on any atom is -0.497 e. The molecule has 5 rings (SSSR count). The second-order valence-corrected chi connectivity index (χ2v) is 13.9. The fraction of sp³-hybridized carbons (Fsp3) is 0.387. The monoisotopic (exact) mass is 716 g/mol. The maximum atomic E-state index is 14.5. The molecule has 17 heteroatoms. The summed E-state index contributed by atoms with van der Waals surface area (Å²) in [6, 6.07) is 5.22. The van der Waals surface area contributed by atoms with Crippen molar-refractivity contribution in [3.63, 3.8) is 0 Å². The van der Waals surface area contributed by atoms with E-state index in [0.717, 1.165) is 39.0 Å². The Morgan fingerprint density at radius 3 is 2.21 bits per heavy atom. The van der Waals surface area contributed by atoms with Crippen molar-refractivity contribution in [1.82, 2.24) is 14.0 Å². The van der Waals surface area contributed by atoms with Gasteiger partial charge in [-0.2, -0.15) is 0 Å². The molecule has 1 saturated carbocycles. The first kappa shape index (κ1) is 35.0. The predicted octanol–water partition coefficient (Wildman–Crippen LogP) is 1.45. The Kier molecular flexibility index (Phi) is 10.5. The van der Waals surface area contributed by atoms with E-state index in [1.807, 2.05) is 0 Å². The van der Waals surface area contributed by atoms with Gasteiger partial charge >= 0.3 is 17.9 Å². The molecule has 3 N–H and O–H groups in total. The number of methoxy groups -OCH3 is 1. The summed E-state index contributed by atoms with van der Waals surface area (Å²) < 4.78 is 7.58. The zero-order valence-electron chi connectivity index (χ0n) is 26.0. The molecule has 48 heavy (non-hydrogen) atoms. The molecule has 1 aromatic heterocycles. The van der Waals surface area contributed by atoms with E-state index in [2.05, 4.69) is 0 Å². The molecule has 2 aromatic rings. The van der Waals surface area contributed by atoms with Crippen molar-refractivity contribution >= 4 is 80.0 Å². The molecule has 0 atom stereocenters. The molecule has 1 amide bonds. The van der Waals surface area contributed by atoms with E-state index in [4.69, 9.17) is 17.0 Å². The quantitative estimate of drug-likeness (QED) is 0.284. The van der Waals surface area contributed by atoms with Crippen LogP contribution in [-0.4, -0.2) is 77.7 Å². The number of aromatic nitrogens is 2. The van der Waals surface area contributed by atoms with Gasteiger partial charge in [0.05, 0.1) is 24.2 Å². The van der Waals surface area contributed by atoms with E-state index < -0.39 is 47.9 Å². The van der Waals surface area contributed by atoms with E-state index in [1.54, 1.807) is 36.1 Å². The van der Waals surface area contributed by atoms with Crippen LogP contribution in [0.25, 0.3) is 10.5 Å². The van der Waals surface area contributed by atoms with Gasteiger partial charge in [0, 0.05) is 18.0 Å². The molecule has 0 bridgehead atoms. The number of ether oxygens (including phenoxy) is 1. The van der Waals surface area contributed by atoms with Gasteiger partial charge in [-0.05, 0) is 55.5 Å². The third kappa shape index (κ3) is 6.79. The first-order valence-electron chi connectivity index (χ1n) is 15.0. The largest absolute Gasteiger partial charge is 0.497 e. The number of hydrogen-bond donors (Lipinski definition) is 3. The lowest BCUT2D eigenvalue weighted by molar-refractivity contribution is -0.140. The van der Waals surface area contributed by atoms with Gasteiger partial charge in [0.2, 0.25) is 0 Å². The molecule has 2 fully saturated rings. The number of rotatable bonds is 11. The third-order valence-electron chi connectivity index (χ3n) is 8.23. The maximum absolute atomic E-state index is 14.5. The van der Waals surface area contributed by atoms with Gasteiger partial charge in [-0.1, -0.05) is 48.6 Å². The number of allylic oxidation sites excluding steroid dienone is 1. The molecule has 1 saturated heterocycles. The van der Waals surface area contributed by atoms with Gasteiger partial charge in [-0.3, -0.25) is 42.8 Å². The Morgan fingerprint density at radius 2 is 1.60 bits per heavy atom. The molecule has 0 unspecified atom stereocenters. The van der Waals surface area contributed by atoms with Crippen LogP contribution in [0.4, 0.5) is 5.69 Å². The Bertz CT molecular complexity index is 2010. The van der Waals surface area contributed by atoms with Crippen molar-refractivity contribution < 1.29 is 39.2 Å². The standard InChI is InChI=1S/C31H32N4O10S3/c1-3-32-27(26-30(44)35(15-24(40)41)31(46)48-26)33(11-10-22(36)37)29(43)25(28(32)42)18(16-6-4-5-7-16)13-21-34(14-23(38)39)19-9-8-17(45-2)12-20(19)47-21/h8-9,12-13,16H,3-7,10-11,14-15H2,1-2H3,(H,36,37)(H,38,39)(H,40,41)/b21-13-,25-18+,27-26+. The van der Waals surface area contributed by atoms with Crippen molar-refractivity contribution in [3.8, 4) is 5.75 Å². The highest BCUT2D eigenvalue weighted by atomic mass is 32.2. The zero-order valence-corrected chi connectivity index (χ0v) is 28.4. The van der Waals surface area contributed by atoms with Crippen LogP contribution in [-0.2, 0) is 32.3 Å². The van der Waals surface area contributed by atoms with Crippen LogP contribution in [0.3, 0.4) is 0 Å². The summed E-state index contributed by atoms with van der Waals surface area (Å²) in [7, 11) is 1.52. The molecular formula is C31H32N4O10S3. The van der Waals surface area contributed by atoms with Crippen LogP contribution < -0.4 is 31.5 Å². The van der Waals surface area contributed by atoms with Crippen molar-refractivity contribution in [1.29, 1.82) is 0 Å². The number of nitrogens with zero attached hydrogens (tertiary/aromatic N) is 4. The third-order valence-corrected chi connectivity index (χ3v) is 10.8. The number of carboxylic acids is 3. The lowest BCUT2D eigenvalue weighted by atomic mass is 9.95. The van der Waals surface area contributed by atoms with E-state index in [-0.39, 0.29) is 45.5 Å². The minimum absolute atomic E-state index is 0.0167. The summed E-state index contributed by atoms with van der Waals surface area (Å²) in [6.07, 6.45) is 4.18. The maximum Gasteiger partial charge on any atom is 0.323 e. The molecule has 2 aliphatic heterocycles. The molecule has 0 radical (unpaired) electrons. The summed E-state index contributed by atoms with van der Waals surface area (Å²) in [5.41, 5.74) is -0.649. The van der Waals surface area contributed by atoms with Gasteiger partial charge in [-0.25, -0.2) is 0 Å². The SMILES string of the molecule is CCn1c(=O)/c(=C(/C=C2\Sc3cc(OC)ccc3N2CC(=O)O)C2CCCC2)c(=O)n(CCC(=O)O)/c1=C1/SC(=S)N(CC(=O)O)C1=O. The second kappa shape index (κ2) is 14.4. The summed E-state index contributed by atoms with van der Waals surface area (Å²) >= 11 is 7.27. The average Bonchev–Trinajstić information content (AvgIpc) is 3.74. The van der Waals surface area contributed by atoms with Crippen molar-refractivity contribution in [2.45, 2.75) is 57.0 Å². The summed E-state index contributed by atoms with van der Waals surface area (Å²) in [6.45, 7) is 0.115. The average molecular weight is 717 g/mol. The molecule has 3 heterocycles. The van der Waals surface area contributed by atoms with Crippen molar-refractivity contribution in [3.05, 3.63) is 60.7 Å². The molecule has 1 aliphatic carbocycles. The van der Waals surface area contributed by atoms with E-state index >= 15 is 0 Å². The van der Waals surface area contributed by atoms with Crippen LogP contribution >= 0.6 is 35.7 Å². The number of carboxylic acid groups (broad SMARTS) is 3. The number of carbonyl (C=O) groups is 4. The van der Waals surface area contributed by atoms with Gasteiger partial charge in [0.1, 0.15) is 38.8 Å². The number of hydrogen-bond acceptors (Lipinski definition) is 11. The van der Waals surface area contributed by atoms with Crippen LogP contribution in [0.1, 0.15) is 39.0 Å². The molecule has 0 spiro atoms. The molecule has 1 aromatic carbocycles. The number of thiocarbonyl (C=S) groups is 1. The molecule has 14 nitrogen and oxygen atoms in total. The summed E-state index contributed by atoms with van der Waals surface area (Å²) in [4.78, 5) is 80.6. The van der Waals surface area contributed by atoms with E-state index in [0.29, 0.717) is 34.9 Å². The Balaban J connectivity index is 1.86. The molecular weight excluding hydrogens is 685 g/mol. The number of benzene rings is 1. The number of aliphatic carboxylic acids is 3. The number of fused-ring (bicyclic) bond motifs is 1. The predicted molar refractivity (Wildman–Crippen MR) is 182 cm³/mol. The van der Waals surface area contributed by atoms with Gasteiger partial charge in [-0.15, -0.1) is 0 Å². The highest BCUT2D eigenvalue weighted by Gasteiger charge is 2.36. The lowest BCUT2D eigenvalue weighted by Gasteiger charge is -2.20. The Labute approximate surface area is 287 Å². The van der Waals surface area contributed by atoms with E-state index in [1.165, 1.54) is 23.4 Å². The van der Waals surface area contributed by atoms with Crippen LogP contribution in [0.5, 0.6) is 5.75 Å². The number of amides is 1. The van der Waals surface area contributed by atoms with Crippen molar-refractivity contribution in [2.75, 3.05) is 25.1 Å². The minimum atomic E-state index is -1.31. The number of carbonyl (C=O) groups excluding carboxylic acids is 1. The second-order valence-electron chi connectivity index (χ2n) is 11.2. The normalized spacial score (nSPS) is 18.9. The highest BCUT2D eigenvalue weighted by Crippen LogP contribution is 2.48. The van der Waals surface area contributed by atoms with Gasteiger partial charge < -0.3 is 25.0 Å². The smallest absolute Gasteiger partial charge is 0.323 e. The summed E-state index contributed by atoms with van der Waals surface area (Å²) in [5, 5.41) is 29.0. The molecule has 3 aliphatic rings. The first-order valence-corrected chi connectivity index (χ1v) is 17.1. The van der Waals surface area contributed by atoms with Crippen LogP contribution in [0, 0.1) is 5.92 Å². The van der Waals surface area contributed by atoms with Crippen LogP contribution in [0.15, 0.2) is 43.8 Å². The fourth-order valence-corrected chi connectivity index (χ4v) is 8.57. The van der Waals surface area contributed by atoms with Gasteiger partial charge in [0.15, 0.2) is 0 Å². The van der Waals surface area contributed by atoms with Gasteiger partial charge in [0.25, 0.3) is 17.0 Å². The Morgan fingerprint density at radius 1 is 0.958 bits per heavy atom. The fourth-order valence-electron chi connectivity index (χ4n) is 6.09. The zero-order chi connectivity index (χ0) is 34.9. The number of thioether (sulfide) groups is 2. The Hall–Kier alpha value is -4.35.